The molecule has 27 heavy (non-hydrogen) atoms. The van der Waals surface area contributed by atoms with Crippen LogP contribution in [0.25, 0.3) is 0 Å². The average Bonchev–Trinajstić information content (AvgIpc) is 2.66. The van der Waals surface area contributed by atoms with Crippen LogP contribution in [0.15, 0.2) is 54.6 Å². The van der Waals surface area contributed by atoms with Gasteiger partial charge < -0.3 is 10.6 Å². The van der Waals surface area contributed by atoms with Gasteiger partial charge in [-0.3, -0.25) is 9.59 Å². The Morgan fingerprint density at radius 3 is 2.15 bits per heavy atom. The average molecular weight is 367 g/mol. The van der Waals surface area contributed by atoms with Gasteiger partial charge in [0.05, 0.1) is 19.0 Å². The molecule has 0 saturated heterocycles. The van der Waals surface area contributed by atoms with Crippen molar-refractivity contribution in [1.29, 1.82) is 0 Å². The Labute approximate surface area is 162 Å². The van der Waals surface area contributed by atoms with Gasteiger partial charge in [0, 0.05) is 0 Å². The van der Waals surface area contributed by atoms with Gasteiger partial charge >= 0.3 is 0 Å². The molecule has 2 N–H and O–H groups in total. The van der Waals surface area contributed by atoms with Crippen molar-refractivity contribution in [3.63, 3.8) is 0 Å². The molecule has 0 aromatic heterocycles. The molecule has 2 aromatic rings. The number of hydrogen-bond acceptors (Lipinski definition) is 2. The third-order valence-corrected chi connectivity index (χ3v) is 4.51. The smallest absolute Gasteiger partial charge is 0.239 e. The maximum Gasteiger partial charge on any atom is 0.239 e. The first-order valence-corrected chi connectivity index (χ1v) is 9.68. The topological polar surface area (TPSA) is 58.2 Å². The van der Waals surface area contributed by atoms with E-state index in [9.17, 15) is 9.59 Å². The van der Waals surface area contributed by atoms with Crippen LogP contribution in [0.3, 0.4) is 0 Å². The summed E-state index contributed by atoms with van der Waals surface area (Å²) in [5, 5.41) is 5.75. The van der Waals surface area contributed by atoms with Crippen LogP contribution >= 0.6 is 0 Å². The van der Waals surface area contributed by atoms with E-state index in [0.717, 1.165) is 24.0 Å². The molecule has 0 saturated carbocycles. The van der Waals surface area contributed by atoms with Crippen LogP contribution in [-0.2, 0) is 22.4 Å². The summed E-state index contributed by atoms with van der Waals surface area (Å²) >= 11 is 0. The highest BCUT2D eigenvalue weighted by Gasteiger charge is 2.18. The van der Waals surface area contributed by atoms with Crippen LogP contribution in [0.1, 0.15) is 49.9 Å². The van der Waals surface area contributed by atoms with E-state index in [1.807, 2.05) is 30.3 Å². The molecule has 0 spiro atoms. The fourth-order valence-corrected chi connectivity index (χ4v) is 3.06. The van der Waals surface area contributed by atoms with Crippen LogP contribution in [0.5, 0.6) is 0 Å². The second-order valence-corrected chi connectivity index (χ2v) is 7.22. The zero-order chi connectivity index (χ0) is 19.6. The summed E-state index contributed by atoms with van der Waals surface area (Å²) in [5.74, 6) is -0.0693. The summed E-state index contributed by atoms with van der Waals surface area (Å²) in [4.78, 5) is 24.3. The quantitative estimate of drug-likeness (QED) is 0.709. The SMILES string of the molecule is CCCc1ccc(C(NC(=O)CNC(=O)Cc2ccccc2)C(C)C)cc1. The molecule has 2 aromatic carbocycles. The fraction of sp³-hybridized carbons (Fsp3) is 0.391. The second kappa shape index (κ2) is 10.5. The number of amides is 2. The van der Waals surface area contributed by atoms with Crippen LogP contribution in [0.2, 0.25) is 0 Å². The third-order valence-electron chi connectivity index (χ3n) is 4.51. The lowest BCUT2D eigenvalue weighted by atomic mass is 9.94. The lowest BCUT2D eigenvalue weighted by molar-refractivity contribution is -0.126. The zero-order valence-electron chi connectivity index (χ0n) is 16.5. The van der Waals surface area contributed by atoms with Gasteiger partial charge in [-0.2, -0.15) is 0 Å². The van der Waals surface area contributed by atoms with E-state index in [4.69, 9.17) is 0 Å². The van der Waals surface area contributed by atoms with Crippen LogP contribution < -0.4 is 10.6 Å². The number of benzene rings is 2. The predicted molar refractivity (Wildman–Crippen MR) is 109 cm³/mol. The molecule has 1 unspecified atom stereocenters. The molecule has 144 valence electrons. The van der Waals surface area contributed by atoms with Crippen molar-refractivity contribution in [2.45, 2.75) is 46.1 Å². The number of carbonyl (C=O) groups is 2. The molecular formula is C23H30N2O2. The van der Waals surface area contributed by atoms with Crippen molar-refractivity contribution >= 4 is 11.8 Å². The normalized spacial score (nSPS) is 11.9. The summed E-state index contributed by atoms with van der Waals surface area (Å²) in [6.45, 7) is 6.32. The first kappa shape index (κ1) is 20.7. The summed E-state index contributed by atoms with van der Waals surface area (Å²) in [6, 6.07) is 17.9. The molecule has 4 heteroatoms. The number of carbonyl (C=O) groups excluding carboxylic acids is 2. The lowest BCUT2D eigenvalue weighted by Gasteiger charge is -2.23. The Balaban J connectivity index is 1.88. The molecule has 0 heterocycles. The van der Waals surface area contributed by atoms with Gasteiger partial charge in [0.15, 0.2) is 0 Å². The molecule has 1 atom stereocenters. The number of nitrogens with one attached hydrogen (secondary N) is 2. The van der Waals surface area contributed by atoms with E-state index in [0.29, 0.717) is 0 Å². The third kappa shape index (κ3) is 6.89. The molecule has 0 aliphatic rings. The fourth-order valence-electron chi connectivity index (χ4n) is 3.06. The predicted octanol–water partition coefficient (Wildman–Crippen LogP) is 3.81. The van der Waals surface area contributed by atoms with Gasteiger partial charge in [0.1, 0.15) is 0 Å². The Hall–Kier alpha value is -2.62. The molecule has 2 rings (SSSR count). The minimum Gasteiger partial charge on any atom is -0.348 e. The van der Waals surface area contributed by atoms with Gasteiger partial charge in [-0.25, -0.2) is 0 Å². The van der Waals surface area contributed by atoms with Crippen molar-refractivity contribution in [3.05, 3.63) is 71.3 Å². The number of aryl methyl sites for hydroxylation is 1. The van der Waals surface area contributed by atoms with Gasteiger partial charge in [0.25, 0.3) is 0 Å². The van der Waals surface area contributed by atoms with E-state index in [1.165, 1.54) is 5.56 Å². The molecular weight excluding hydrogens is 336 g/mol. The first-order valence-electron chi connectivity index (χ1n) is 9.68. The Morgan fingerprint density at radius 2 is 1.56 bits per heavy atom. The van der Waals surface area contributed by atoms with E-state index in [-0.39, 0.29) is 36.7 Å². The molecule has 4 nitrogen and oxygen atoms in total. The van der Waals surface area contributed by atoms with E-state index in [1.54, 1.807) is 0 Å². The highest BCUT2D eigenvalue weighted by Crippen LogP contribution is 2.22. The van der Waals surface area contributed by atoms with E-state index >= 15 is 0 Å². The van der Waals surface area contributed by atoms with E-state index in [2.05, 4.69) is 55.7 Å². The summed E-state index contributed by atoms with van der Waals surface area (Å²) < 4.78 is 0. The largest absolute Gasteiger partial charge is 0.348 e. The lowest BCUT2D eigenvalue weighted by Crippen LogP contribution is -2.40. The summed E-state index contributed by atoms with van der Waals surface area (Å²) in [7, 11) is 0. The highest BCUT2D eigenvalue weighted by molar-refractivity contribution is 5.85. The van der Waals surface area contributed by atoms with Crippen molar-refractivity contribution in [2.75, 3.05) is 6.54 Å². The highest BCUT2D eigenvalue weighted by atomic mass is 16.2. The number of hydrogen-bond donors (Lipinski definition) is 2. The van der Waals surface area contributed by atoms with Gasteiger partial charge in [-0.05, 0) is 29.0 Å². The number of rotatable bonds is 9. The minimum atomic E-state index is -0.173. The van der Waals surface area contributed by atoms with Gasteiger partial charge in [-0.15, -0.1) is 0 Å². The van der Waals surface area contributed by atoms with Gasteiger partial charge in [0.2, 0.25) is 11.8 Å². The van der Waals surface area contributed by atoms with Crippen LogP contribution in [0, 0.1) is 5.92 Å². The molecule has 0 radical (unpaired) electrons. The Bertz CT molecular complexity index is 724. The molecule has 2 amide bonds. The Kier molecular flexibility index (Phi) is 8.05. The van der Waals surface area contributed by atoms with Crippen molar-refractivity contribution in [3.8, 4) is 0 Å². The summed E-state index contributed by atoms with van der Waals surface area (Å²) in [6.07, 6.45) is 2.46. The molecule has 0 fully saturated rings. The second-order valence-electron chi connectivity index (χ2n) is 7.22. The Morgan fingerprint density at radius 1 is 0.889 bits per heavy atom. The van der Waals surface area contributed by atoms with Crippen molar-refractivity contribution in [2.24, 2.45) is 5.92 Å². The zero-order valence-corrected chi connectivity index (χ0v) is 16.5. The van der Waals surface area contributed by atoms with Crippen molar-refractivity contribution < 1.29 is 9.59 Å². The maximum atomic E-state index is 12.3. The standard InChI is InChI=1S/C23H30N2O2/c1-4-8-18-11-13-20(14-12-18)23(17(2)3)25-22(27)16-24-21(26)15-19-9-6-5-7-10-19/h5-7,9-14,17,23H,4,8,15-16H2,1-3H3,(H,24,26)(H,25,27). The monoisotopic (exact) mass is 366 g/mol. The van der Waals surface area contributed by atoms with E-state index < -0.39 is 0 Å². The molecule has 0 aliphatic carbocycles. The molecule has 0 bridgehead atoms. The maximum absolute atomic E-state index is 12.3. The van der Waals surface area contributed by atoms with Crippen molar-refractivity contribution in [1.82, 2.24) is 10.6 Å². The first-order chi connectivity index (χ1) is 13.0. The van der Waals surface area contributed by atoms with Gasteiger partial charge in [-0.1, -0.05) is 81.8 Å². The minimum absolute atomic E-state index is 0.0111. The van der Waals surface area contributed by atoms with Crippen LogP contribution in [0.4, 0.5) is 0 Å². The summed E-state index contributed by atoms with van der Waals surface area (Å²) in [5.41, 5.74) is 3.33. The van der Waals surface area contributed by atoms with Crippen LogP contribution in [-0.4, -0.2) is 18.4 Å². The molecule has 0 aliphatic heterocycles.